The number of amidine groups is 1. The Morgan fingerprint density at radius 3 is 2.22 bits per heavy atom. The number of likely N-dealkylation sites (tertiary alicyclic amines) is 2. The largest absolute Gasteiger partial charge is 0.493 e. The zero-order valence-corrected chi connectivity index (χ0v) is 24.3. The molecule has 0 saturated carbocycles. The summed E-state index contributed by atoms with van der Waals surface area (Å²) in [5.41, 5.74) is 1.31. The minimum absolute atomic E-state index is 0.117. The van der Waals surface area contributed by atoms with Crippen LogP contribution in [0.1, 0.15) is 52.5 Å². The highest BCUT2D eigenvalue weighted by Crippen LogP contribution is 2.42. The maximum absolute atomic E-state index is 14.1. The van der Waals surface area contributed by atoms with Gasteiger partial charge in [0.05, 0.1) is 37.2 Å². The summed E-state index contributed by atoms with van der Waals surface area (Å²) in [6.45, 7) is 12.4. The molecule has 5 rings (SSSR count). The van der Waals surface area contributed by atoms with Crippen molar-refractivity contribution in [1.29, 1.82) is 0 Å². The third-order valence-corrected chi connectivity index (χ3v) is 8.19. The molecule has 3 heterocycles. The van der Waals surface area contributed by atoms with Crippen LogP contribution in [0.3, 0.4) is 0 Å². The molecule has 2 saturated heterocycles. The lowest BCUT2D eigenvalue weighted by molar-refractivity contribution is -0.156. The van der Waals surface area contributed by atoms with Gasteiger partial charge in [-0.1, -0.05) is 11.2 Å². The van der Waals surface area contributed by atoms with Crippen LogP contribution >= 0.6 is 0 Å². The number of nitrogens with zero attached hydrogens (tertiary/aromatic N) is 3. The molecule has 41 heavy (non-hydrogen) atoms. The first-order valence-electron chi connectivity index (χ1n) is 14.5. The first-order valence-corrected chi connectivity index (χ1v) is 14.5. The fourth-order valence-electron chi connectivity index (χ4n) is 5.96. The molecule has 0 aliphatic carbocycles. The van der Waals surface area contributed by atoms with Gasteiger partial charge in [-0.25, -0.2) is 8.78 Å². The van der Waals surface area contributed by atoms with Gasteiger partial charge >= 0.3 is 5.97 Å². The summed E-state index contributed by atoms with van der Waals surface area (Å²) >= 11 is 0. The van der Waals surface area contributed by atoms with Gasteiger partial charge in [-0.15, -0.1) is 0 Å². The second-order valence-electron chi connectivity index (χ2n) is 11.3. The lowest BCUT2D eigenvalue weighted by atomic mass is 9.80. The quantitative estimate of drug-likeness (QED) is 0.374. The van der Waals surface area contributed by atoms with E-state index in [2.05, 4.69) is 15.0 Å². The SMILES string of the molecule is CCOC(=O)C1(C)CCN(C2=NOC3(C2)CN(Cc2cc(OCC)c(-c4ccc(F)c(F)c4)c(OCC)c2)C3)CC1. The number of carbonyl (C=O) groups is 1. The van der Waals surface area contributed by atoms with Gasteiger partial charge in [-0.2, -0.15) is 0 Å². The Balaban J connectivity index is 1.23. The van der Waals surface area contributed by atoms with Gasteiger partial charge in [-0.3, -0.25) is 9.69 Å². The third-order valence-electron chi connectivity index (χ3n) is 8.19. The Labute approximate surface area is 240 Å². The molecule has 3 aliphatic rings. The smallest absolute Gasteiger partial charge is 0.311 e. The predicted octanol–water partition coefficient (Wildman–Crippen LogP) is 5.38. The molecule has 2 aromatic carbocycles. The summed E-state index contributed by atoms with van der Waals surface area (Å²) in [4.78, 5) is 22.9. The molecule has 0 radical (unpaired) electrons. The van der Waals surface area contributed by atoms with Crippen molar-refractivity contribution in [3.63, 3.8) is 0 Å². The van der Waals surface area contributed by atoms with Crippen LogP contribution in [0.5, 0.6) is 11.5 Å². The molecular formula is C31H39F2N3O5. The van der Waals surface area contributed by atoms with Crippen molar-refractivity contribution in [3.05, 3.63) is 47.5 Å². The van der Waals surface area contributed by atoms with E-state index in [9.17, 15) is 13.6 Å². The van der Waals surface area contributed by atoms with Crippen LogP contribution in [0.25, 0.3) is 11.1 Å². The summed E-state index contributed by atoms with van der Waals surface area (Å²) in [6, 6.07) is 7.71. The molecule has 0 unspecified atom stereocenters. The van der Waals surface area contributed by atoms with Crippen LogP contribution in [-0.4, -0.2) is 73.2 Å². The number of carbonyl (C=O) groups excluding carboxylic acids is 1. The Morgan fingerprint density at radius 1 is 0.976 bits per heavy atom. The van der Waals surface area contributed by atoms with E-state index in [-0.39, 0.29) is 11.6 Å². The van der Waals surface area contributed by atoms with Crippen molar-refractivity contribution >= 4 is 11.8 Å². The van der Waals surface area contributed by atoms with E-state index in [0.717, 1.165) is 62.9 Å². The lowest BCUT2D eigenvalue weighted by Gasteiger charge is -2.46. The van der Waals surface area contributed by atoms with Gasteiger partial charge in [0.15, 0.2) is 17.2 Å². The molecule has 0 amide bonds. The minimum atomic E-state index is -0.918. The highest BCUT2D eigenvalue weighted by molar-refractivity contribution is 5.85. The van der Waals surface area contributed by atoms with E-state index in [1.807, 2.05) is 39.8 Å². The van der Waals surface area contributed by atoms with Crippen LogP contribution < -0.4 is 9.47 Å². The number of oxime groups is 1. The normalized spacial score (nSPS) is 19.4. The average molecular weight is 572 g/mol. The summed E-state index contributed by atoms with van der Waals surface area (Å²) < 4.78 is 44.9. The molecular weight excluding hydrogens is 532 g/mol. The molecule has 3 aliphatic heterocycles. The van der Waals surface area contributed by atoms with Gasteiger partial charge < -0.3 is 23.9 Å². The molecule has 8 nitrogen and oxygen atoms in total. The topological polar surface area (TPSA) is 72.8 Å². The molecule has 1 spiro atoms. The Kier molecular flexibility index (Phi) is 8.40. The summed E-state index contributed by atoms with van der Waals surface area (Å²) in [6.07, 6.45) is 2.20. The summed E-state index contributed by atoms with van der Waals surface area (Å²) in [5.74, 6) is 0.148. The number of rotatable bonds is 9. The van der Waals surface area contributed by atoms with Crippen molar-refractivity contribution in [2.24, 2.45) is 10.6 Å². The van der Waals surface area contributed by atoms with Crippen LogP contribution in [0.2, 0.25) is 0 Å². The average Bonchev–Trinajstić information content (AvgIpc) is 3.37. The molecule has 222 valence electrons. The van der Waals surface area contributed by atoms with Crippen LogP contribution in [0.15, 0.2) is 35.5 Å². The molecule has 0 atom stereocenters. The number of halogens is 2. The molecule has 10 heteroatoms. The lowest BCUT2D eigenvalue weighted by Crippen LogP contribution is -2.61. The Morgan fingerprint density at radius 2 is 1.63 bits per heavy atom. The van der Waals surface area contributed by atoms with E-state index in [1.54, 1.807) is 0 Å². The van der Waals surface area contributed by atoms with Crippen molar-refractivity contribution < 1.29 is 32.6 Å². The van der Waals surface area contributed by atoms with E-state index in [1.165, 1.54) is 12.1 Å². The number of ether oxygens (including phenoxy) is 3. The van der Waals surface area contributed by atoms with Crippen molar-refractivity contribution in [2.75, 3.05) is 46.0 Å². The highest BCUT2D eigenvalue weighted by Gasteiger charge is 2.51. The van der Waals surface area contributed by atoms with Crippen molar-refractivity contribution in [3.8, 4) is 22.6 Å². The summed E-state index contributed by atoms with van der Waals surface area (Å²) in [7, 11) is 0. The number of hydrogen-bond acceptors (Lipinski definition) is 8. The van der Waals surface area contributed by atoms with Crippen molar-refractivity contribution in [2.45, 2.75) is 59.1 Å². The molecule has 2 aromatic rings. The monoisotopic (exact) mass is 571 g/mol. The van der Waals surface area contributed by atoms with E-state index in [4.69, 9.17) is 19.0 Å². The minimum Gasteiger partial charge on any atom is -0.493 e. The molecule has 0 N–H and O–H groups in total. The molecule has 0 bridgehead atoms. The Hall–Kier alpha value is -3.40. The molecule has 0 aromatic heterocycles. The second-order valence-corrected chi connectivity index (χ2v) is 11.3. The zero-order valence-electron chi connectivity index (χ0n) is 24.3. The second kappa shape index (κ2) is 11.8. The molecule has 2 fully saturated rings. The predicted molar refractivity (Wildman–Crippen MR) is 151 cm³/mol. The van der Waals surface area contributed by atoms with E-state index < -0.39 is 17.0 Å². The maximum Gasteiger partial charge on any atom is 0.311 e. The van der Waals surface area contributed by atoms with Gasteiger partial charge in [0, 0.05) is 32.7 Å². The van der Waals surface area contributed by atoms with Gasteiger partial charge in [-0.05, 0) is 75.9 Å². The first kappa shape index (κ1) is 29.1. The van der Waals surface area contributed by atoms with E-state index in [0.29, 0.717) is 49.0 Å². The summed E-state index contributed by atoms with van der Waals surface area (Å²) in [5, 5.41) is 4.44. The Bertz CT molecular complexity index is 1280. The van der Waals surface area contributed by atoms with Crippen LogP contribution in [-0.2, 0) is 20.9 Å². The van der Waals surface area contributed by atoms with Gasteiger partial charge in [0.2, 0.25) is 0 Å². The number of piperidine rings is 1. The zero-order chi connectivity index (χ0) is 29.2. The van der Waals surface area contributed by atoms with E-state index >= 15 is 0 Å². The first-order chi connectivity index (χ1) is 19.7. The van der Waals surface area contributed by atoms with Crippen molar-refractivity contribution in [1.82, 2.24) is 9.80 Å². The fourth-order valence-corrected chi connectivity index (χ4v) is 5.96. The fraction of sp³-hybridized carbons (Fsp3) is 0.548. The standard InChI is InChI=1S/C31H39F2N3O5/c1-5-38-25-14-21(15-26(39-6-2)28(25)22-8-9-23(32)24(33)16-22)18-35-19-31(20-35)17-27(34-41-31)36-12-10-30(4,11-13-36)29(37)40-7-3/h8-9,14-16H,5-7,10-13,17-20H2,1-4H3. The number of benzene rings is 2. The van der Waals surface area contributed by atoms with Gasteiger partial charge in [0.25, 0.3) is 0 Å². The number of hydrogen-bond donors (Lipinski definition) is 0. The van der Waals surface area contributed by atoms with Crippen LogP contribution in [0.4, 0.5) is 8.78 Å². The number of esters is 1. The van der Waals surface area contributed by atoms with Gasteiger partial charge in [0.1, 0.15) is 17.3 Å². The third kappa shape index (κ3) is 5.98. The highest BCUT2D eigenvalue weighted by atomic mass is 19.2. The maximum atomic E-state index is 14.1. The van der Waals surface area contributed by atoms with Crippen LogP contribution in [0, 0.1) is 17.0 Å².